The maximum Gasteiger partial charge on any atom is 0.124 e. The van der Waals surface area contributed by atoms with Gasteiger partial charge in [-0.15, -0.1) is 23.1 Å². The first-order valence-corrected chi connectivity index (χ1v) is 8.26. The van der Waals surface area contributed by atoms with E-state index in [1.807, 2.05) is 23.1 Å². The molecule has 4 rings (SSSR count). The molecule has 1 saturated heterocycles. The van der Waals surface area contributed by atoms with Crippen LogP contribution in [0.3, 0.4) is 0 Å². The number of aromatic nitrogens is 1. The molecular formula is C14H14N2OS2. The maximum absolute atomic E-state index is 5.81. The van der Waals surface area contributed by atoms with Gasteiger partial charge in [0.1, 0.15) is 11.1 Å². The van der Waals surface area contributed by atoms with E-state index in [-0.39, 0.29) is 6.10 Å². The zero-order chi connectivity index (χ0) is 12.7. The standard InChI is InChI=1S/C14H14N2OS2/c1-2-4-11-9(3-1)13-12(8-18-11)19-14(16-13)10-7-15-5-6-17-10/h1-4,10,15H,5-8H2. The van der Waals surface area contributed by atoms with Gasteiger partial charge in [0.05, 0.1) is 12.3 Å². The zero-order valence-electron chi connectivity index (χ0n) is 10.4. The number of rotatable bonds is 1. The lowest BCUT2D eigenvalue weighted by Gasteiger charge is -2.21. The van der Waals surface area contributed by atoms with Crippen LogP contribution in [0.25, 0.3) is 11.3 Å². The summed E-state index contributed by atoms with van der Waals surface area (Å²) in [5.74, 6) is 1.03. The molecule has 0 radical (unpaired) electrons. The molecule has 0 amide bonds. The number of thiazole rings is 1. The molecule has 1 aromatic heterocycles. The van der Waals surface area contributed by atoms with Crippen LogP contribution >= 0.6 is 23.1 Å². The van der Waals surface area contributed by atoms with Gasteiger partial charge in [-0.3, -0.25) is 0 Å². The van der Waals surface area contributed by atoms with Gasteiger partial charge in [0.2, 0.25) is 0 Å². The predicted molar refractivity (Wildman–Crippen MR) is 78.7 cm³/mol. The van der Waals surface area contributed by atoms with Crippen LogP contribution < -0.4 is 5.32 Å². The molecule has 0 saturated carbocycles. The Kier molecular flexibility index (Phi) is 3.07. The van der Waals surface area contributed by atoms with Gasteiger partial charge < -0.3 is 10.1 Å². The summed E-state index contributed by atoms with van der Waals surface area (Å²) < 4.78 is 5.81. The quantitative estimate of drug-likeness (QED) is 0.875. The lowest BCUT2D eigenvalue weighted by molar-refractivity contribution is 0.0276. The minimum atomic E-state index is 0.126. The van der Waals surface area contributed by atoms with E-state index in [0.717, 1.165) is 30.5 Å². The lowest BCUT2D eigenvalue weighted by atomic mass is 10.1. The number of hydrogen-bond acceptors (Lipinski definition) is 5. The van der Waals surface area contributed by atoms with Crippen molar-refractivity contribution in [3.63, 3.8) is 0 Å². The molecule has 2 aliphatic rings. The van der Waals surface area contributed by atoms with Gasteiger partial charge in [0, 0.05) is 34.2 Å². The second kappa shape index (κ2) is 4.90. The summed E-state index contributed by atoms with van der Waals surface area (Å²) in [6.07, 6.45) is 0.126. The molecule has 1 unspecified atom stereocenters. The van der Waals surface area contributed by atoms with Crippen molar-refractivity contribution >= 4 is 23.1 Å². The first kappa shape index (κ1) is 11.9. The summed E-state index contributed by atoms with van der Waals surface area (Å²) in [6, 6.07) is 8.54. The highest BCUT2D eigenvalue weighted by molar-refractivity contribution is 7.98. The summed E-state index contributed by atoms with van der Waals surface area (Å²) in [5.41, 5.74) is 2.45. The largest absolute Gasteiger partial charge is 0.368 e. The molecule has 1 aromatic carbocycles. The molecule has 1 fully saturated rings. The van der Waals surface area contributed by atoms with Crippen LogP contribution in [0.1, 0.15) is 16.0 Å². The fourth-order valence-electron chi connectivity index (χ4n) is 2.47. The third-order valence-electron chi connectivity index (χ3n) is 3.42. The van der Waals surface area contributed by atoms with Gasteiger partial charge in [-0.2, -0.15) is 0 Å². The molecule has 0 bridgehead atoms. The van der Waals surface area contributed by atoms with E-state index in [0.29, 0.717) is 0 Å². The van der Waals surface area contributed by atoms with Crippen molar-refractivity contribution in [3.8, 4) is 11.3 Å². The molecule has 2 aromatic rings. The van der Waals surface area contributed by atoms with Crippen molar-refractivity contribution in [1.29, 1.82) is 0 Å². The Balaban J connectivity index is 1.74. The first-order valence-electron chi connectivity index (χ1n) is 6.46. The number of nitrogens with zero attached hydrogens (tertiary/aromatic N) is 1. The maximum atomic E-state index is 5.81. The summed E-state index contributed by atoms with van der Waals surface area (Å²) in [6.45, 7) is 2.60. The van der Waals surface area contributed by atoms with E-state index >= 15 is 0 Å². The number of ether oxygens (including phenoxy) is 1. The number of thioether (sulfide) groups is 1. The lowest BCUT2D eigenvalue weighted by Crippen LogP contribution is -2.33. The molecule has 19 heavy (non-hydrogen) atoms. The molecular weight excluding hydrogens is 276 g/mol. The third kappa shape index (κ3) is 2.10. The van der Waals surface area contributed by atoms with Crippen LogP contribution in [0, 0.1) is 0 Å². The summed E-state index contributed by atoms with van der Waals surface area (Å²) in [7, 11) is 0. The topological polar surface area (TPSA) is 34.1 Å². The molecule has 1 N–H and O–H groups in total. The van der Waals surface area contributed by atoms with Crippen LogP contribution in [0.2, 0.25) is 0 Å². The van der Waals surface area contributed by atoms with Gasteiger partial charge in [0.25, 0.3) is 0 Å². The minimum Gasteiger partial charge on any atom is -0.368 e. The molecule has 98 valence electrons. The molecule has 0 aliphatic carbocycles. The summed E-state index contributed by atoms with van der Waals surface area (Å²) >= 11 is 3.71. The third-order valence-corrected chi connectivity index (χ3v) is 5.85. The fraction of sp³-hybridized carbons (Fsp3) is 0.357. The highest BCUT2D eigenvalue weighted by Crippen LogP contribution is 2.44. The Morgan fingerprint density at radius 3 is 3.16 bits per heavy atom. The van der Waals surface area contributed by atoms with Crippen molar-refractivity contribution in [2.75, 3.05) is 19.7 Å². The molecule has 3 nitrogen and oxygen atoms in total. The van der Waals surface area contributed by atoms with E-state index in [2.05, 4.69) is 29.6 Å². The Labute approximate surface area is 120 Å². The molecule has 1 atom stereocenters. The van der Waals surface area contributed by atoms with Crippen molar-refractivity contribution in [2.45, 2.75) is 16.8 Å². The molecule has 2 aliphatic heterocycles. The van der Waals surface area contributed by atoms with Crippen molar-refractivity contribution in [3.05, 3.63) is 34.2 Å². The Bertz CT molecular complexity index is 605. The highest BCUT2D eigenvalue weighted by atomic mass is 32.2. The van der Waals surface area contributed by atoms with E-state index < -0.39 is 0 Å². The smallest absolute Gasteiger partial charge is 0.124 e. The first-order chi connectivity index (χ1) is 9.42. The second-order valence-electron chi connectivity index (χ2n) is 4.67. The predicted octanol–water partition coefficient (Wildman–Crippen LogP) is 3.08. The Morgan fingerprint density at radius 1 is 1.32 bits per heavy atom. The van der Waals surface area contributed by atoms with E-state index in [1.54, 1.807) is 0 Å². The normalized spacial score (nSPS) is 21.8. The van der Waals surface area contributed by atoms with Gasteiger partial charge >= 0.3 is 0 Å². The van der Waals surface area contributed by atoms with Gasteiger partial charge in [-0.1, -0.05) is 18.2 Å². The fourth-order valence-corrected chi connectivity index (χ4v) is 4.73. The van der Waals surface area contributed by atoms with Crippen molar-refractivity contribution in [2.24, 2.45) is 0 Å². The number of hydrogen-bond donors (Lipinski definition) is 1. The van der Waals surface area contributed by atoms with Gasteiger partial charge in [-0.05, 0) is 6.07 Å². The van der Waals surface area contributed by atoms with Crippen LogP contribution in [-0.2, 0) is 10.5 Å². The number of benzene rings is 1. The molecule has 3 heterocycles. The average Bonchev–Trinajstić information content (AvgIpc) is 2.93. The van der Waals surface area contributed by atoms with Gasteiger partial charge in [-0.25, -0.2) is 4.98 Å². The van der Waals surface area contributed by atoms with Crippen LogP contribution in [0.4, 0.5) is 0 Å². The number of morpholine rings is 1. The van der Waals surface area contributed by atoms with Crippen molar-refractivity contribution < 1.29 is 4.74 Å². The van der Waals surface area contributed by atoms with Gasteiger partial charge in [0.15, 0.2) is 0 Å². The van der Waals surface area contributed by atoms with Crippen LogP contribution in [-0.4, -0.2) is 24.7 Å². The minimum absolute atomic E-state index is 0.126. The monoisotopic (exact) mass is 290 g/mol. The Hall–Kier alpha value is -0.880. The van der Waals surface area contributed by atoms with Crippen molar-refractivity contribution in [1.82, 2.24) is 10.3 Å². The highest BCUT2D eigenvalue weighted by Gasteiger charge is 2.25. The van der Waals surface area contributed by atoms with Crippen LogP contribution in [0.5, 0.6) is 0 Å². The molecule has 5 heteroatoms. The van der Waals surface area contributed by atoms with Crippen LogP contribution in [0.15, 0.2) is 29.2 Å². The Morgan fingerprint density at radius 2 is 2.26 bits per heavy atom. The van der Waals surface area contributed by atoms with E-state index in [1.165, 1.54) is 21.0 Å². The SMILES string of the molecule is c1ccc2c(c1)SCc1sc(C3CNCCO3)nc1-2. The second-order valence-corrected chi connectivity index (χ2v) is 6.80. The summed E-state index contributed by atoms with van der Waals surface area (Å²) in [4.78, 5) is 7.58. The number of nitrogens with one attached hydrogen (secondary N) is 1. The molecule has 0 spiro atoms. The zero-order valence-corrected chi connectivity index (χ0v) is 12.0. The number of fused-ring (bicyclic) bond motifs is 3. The average molecular weight is 290 g/mol. The van der Waals surface area contributed by atoms with E-state index in [9.17, 15) is 0 Å². The summed E-state index contributed by atoms with van der Waals surface area (Å²) in [5, 5.41) is 4.49. The van der Waals surface area contributed by atoms with E-state index in [4.69, 9.17) is 9.72 Å².